The number of ketones is 1. The molecule has 0 aromatic heterocycles. The van der Waals surface area contributed by atoms with E-state index in [1.54, 1.807) is 13.8 Å². The number of rotatable bonds is 12. The highest BCUT2D eigenvalue weighted by molar-refractivity contribution is 5.90. The Morgan fingerprint density at radius 2 is 1.58 bits per heavy atom. The van der Waals surface area contributed by atoms with Crippen LogP contribution in [-0.4, -0.2) is 48.2 Å². The molecule has 2 aromatic carbocycles. The van der Waals surface area contributed by atoms with Gasteiger partial charge in [-0.3, -0.25) is 9.59 Å². The molecule has 0 aliphatic heterocycles. The summed E-state index contributed by atoms with van der Waals surface area (Å²) in [6.45, 7) is 3.89. The Hall–Kier alpha value is -3.88. The number of aliphatic carboxylic acids is 1. The fraction of sp³-hybridized carbons (Fsp3) is 0.407. The van der Waals surface area contributed by atoms with Crippen molar-refractivity contribution in [3.05, 3.63) is 59.7 Å². The summed E-state index contributed by atoms with van der Waals surface area (Å²) in [5, 5.41) is 14.6. The standard InChI is InChI=1S/C27H33N3O6/c1-16(2)24(23(31)14-17(25(32)33)8-7-13-29-26(28)34)30-27(35)36-15-22-20-11-5-3-9-18(20)19-10-4-6-12-21(19)22/h3-6,9-12,16-17,22,24H,7-8,13-15H2,1-2H3,(H,30,35)(H,32,33)(H3,28,29,34)/t17-,24+/m1/s1. The van der Waals surface area contributed by atoms with Crippen molar-refractivity contribution < 1.29 is 29.0 Å². The lowest BCUT2D eigenvalue weighted by molar-refractivity contribution is -0.144. The molecule has 1 aliphatic rings. The molecule has 2 atom stereocenters. The molecule has 192 valence electrons. The van der Waals surface area contributed by atoms with Crippen LogP contribution < -0.4 is 16.4 Å². The van der Waals surface area contributed by atoms with Crippen molar-refractivity contribution in [2.75, 3.05) is 13.2 Å². The van der Waals surface area contributed by atoms with E-state index in [-0.39, 0.29) is 43.6 Å². The Balaban J connectivity index is 1.59. The Labute approximate surface area is 210 Å². The Morgan fingerprint density at radius 1 is 1.00 bits per heavy atom. The SMILES string of the molecule is CC(C)[C@H](NC(=O)OCC1c2ccccc2-c2ccccc21)C(=O)C[C@@H](CCCNC(N)=O)C(=O)O. The van der Waals surface area contributed by atoms with Gasteiger partial charge in [0, 0.05) is 18.9 Å². The van der Waals surface area contributed by atoms with Gasteiger partial charge in [0.1, 0.15) is 6.61 Å². The maximum absolute atomic E-state index is 12.9. The minimum absolute atomic E-state index is 0.109. The smallest absolute Gasteiger partial charge is 0.407 e. The van der Waals surface area contributed by atoms with Crippen LogP contribution in [-0.2, 0) is 14.3 Å². The van der Waals surface area contributed by atoms with E-state index in [1.807, 2.05) is 48.5 Å². The van der Waals surface area contributed by atoms with Crippen LogP contribution in [0.1, 0.15) is 50.2 Å². The third kappa shape index (κ3) is 6.62. The number of benzene rings is 2. The lowest BCUT2D eigenvalue weighted by atomic mass is 9.90. The number of hydrogen-bond acceptors (Lipinski definition) is 5. The fourth-order valence-corrected chi connectivity index (χ4v) is 4.63. The Morgan fingerprint density at radius 3 is 2.11 bits per heavy atom. The third-order valence-corrected chi connectivity index (χ3v) is 6.46. The predicted octanol–water partition coefficient (Wildman–Crippen LogP) is 3.66. The van der Waals surface area contributed by atoms with Crippen molar-refractivity contribution in [2.45, 2.75) is 45.1 Å². The average Bonchev–Trinajstić information content (AvgIpc) is 3.16. The number of nitrogens with one attached hydrogen (secondary N) is 2. The summed E-state index contributed by atoms with van der Waals surface area (Å²) >= 11 is 0. The monoisotopic (exact) mass is 495 g/mol. The first-order chi connectivity index (χ1) is 17.2. The van der Waals surface area contributed by atoms with Gasteiger partial charge in [-0.25, -0.2) is 9.59 Å². The van der Waals surface area contributed by atoms with E-state index >= 15 is 0 Å². The number of carboxylic acid groups (broad SMARTS) is 1. The number of alkyl carbamates (subject to hydrolysis) is 1. The highest BCUT2D eigenvalue weighted by atomic mass is 16.5. The molecule has 5 N–H and O–H groups in total. The highest BCUT2D eigenvalue weighted by Crippen LogP contribution is 2.44. The second kappa shape index (κ2) is 12.2. The van der Waals surface area contributed by atoms with Gasteiger partial charge in [0.2, 0.25) is 0 Å². The number of carbonyl (C=O) groups excluding carboxylic acids is 3. The van der Waals surface area contributed by atoms with Gasteiger partial charge in [-0.05, 0) is 41.0 Å². The molecule has 0 saturated carbocycles. The summed E-state index contributed by atoms with van der Waals surface area (Å²) < 4.78 is 5.55. The number of Topliss-reactive ketones (excluding diaryl/α,β-unsaturated/α-hetero) is 1. The Kier molecular flexibility index (Phi) is 9.05. The molecule has 1 aliphatic carbocycles. The molecule has 0 radical (unpaired) electrons. The van der Waals surface area contributed by atoms with Gasteiger partial charge < -0.3 is 26.2 Å². The van der Waals surface area contributed by atoms with E-state index in [0.29, 0.717) is 6.42 Å². The molecule has 0 spiro atoms. The normalized spacial score (nSPS) is 13.9. The number of fused-ring (bicyclic) bond motifs is 3. The van der Waals surface area contributed by atoms with Gasteiger partial charge in [0.15, 0.2) is 5.78 Å². The summed E-state index contributed by atoms with van der Waals surface area (Å²) in [6.07, 6.45) is -0.407. The highest BCUT2D eigenvalue weighted by Gasteiger charge is 2.32. The summed E-state index contributed by atoms with van der Waals surface area (Å²) in [6, 6.07) is 14.4. The number of ether oxygens (including phenoxy) is 1. The van der Waals surface area contributed by atoms with Gasteiger partial charge >= 0.3 is 18.1 Å². The van der Waals surface area contributed by atoms with Crippen LogP contribution in [0.3, 0.4) is 0 Å². The largest absolute Gasteiger partial charge is 0.481 e. The second-order valence-electron chi connectivity index (χ2n) is 9.33. The zero-order valence-corrected chi connectivity index (χ0v) is 20.5. The first kappa shape index (κ1) is 26.7. The summed E-state index contributed by atoms with van der Waals surface area (Å²) in [5.41, 5.74) is 9.40. The van der Waals surface area contributed by atoms with Crippen molar-refractivity contribution in [3.63, 3.8) is 0 Å². The summed E-state index contributed by atoms with van der Waals surface area (Å²) in [7, 11) is 0. The maximum atomic E-state index is 12.9. The van der Waals surface area contributed by atoms with Crippen molar-refractivity contribution in [1.82, 2.24) is 10.6 Å². The molecule has 0 heterocycles. The van der Waals surface area contributed by atoms with Crippen LogP contribution in [0, 0.1) is 11.8 Å². The molecule has 0 unspecified atom stereocenters. The van der Waals surface area contributed by atoms with E-state index < -0.39 is 30.1 Å². The van der Waals surface area contributed by atoms with Crippen LogP contribution in [0.4, 0.5) is 9.59 Å². The molecule has 2 aromatic rings. The van der Waals surface area contributed by atoms with Gasteiger partial charge in [-0.15, -0.1) is 0 Å². The van der Waals surface area contributed by atoms with Crippen molar-refractivity contribution in [3.8, 4) is 11.1 Å². The molecule has 0 saturated heterocycles. The van der Waals surface area contributed by atoms with Crippen LogP contribution in [0.5, 0.6) is 0 Å². The summed E-state index contributed by atoms with van der Waals surface area (Å²) in [5.74, 6) is -2.79. The molecule has 36 heavy (non-hydrogen) atoms. The minimum Gasteiger partial charge on any atom is -0.481 e. The molecule has 3 amide bonds. The molecule has 0 bridgehead atoms. The Bertz CT molecular complexity index is 1070. The molecule has 9 nitrogen and oxygen atoms in total. The first-order valence-electron chi connectivity index (χ1n) is 12.1. The van der Waals surface area contributed by atoms with Crippen molar-refractivity contribution in [2.24, 2.45) is 17.6 Å². The average molecular weight is 496 g/mol. The first-order valence-corrected chi connectivity index (χ1v) is 12.1. The lowest BCUT2D eigenvalue weighted by Crippen LogP contribution is -2.45. The molecule has 3 rings (SSSR count). The predicted molar refractivity (Wildman–Crippen MR) is 134 cm³/mol. The van der Waals surface area contributed by atoms with Gasteiger partial charge in [-0.2, -0.15) is 0 Å². The maximum Gasteiger partial charge on any atom is 0.407 e. The lowest BCUT2D eigenvalue weighted by Gasteiger charge is -2.23. The number of amides is 3. The molecule has 9 heteroatoms. The summed E-state index contributed by atoms with van der Waals surface area (Å²) in [4.78, 5) is 48.0. The van der Waals surface area contributed by atoms with E-state index in [2.05, 4.69) is 10.6 Å². The number of urea groups is 1. The number of hydrogen-bond donors (Lipinski definition) is 4. The van der Waals surface area contributed by atoms with Gasteiger partial charge in [0.05, 0.1) is 12.0 Å². The van der Waals surface area contributed by atoms with E-state index in [4.69, 9.17) is 10.5 Å². The van der Waals surface area contributed by atoms with Crippen LogP contribution >= 0.6 is 0 Å². The third-order valence-electron chi connectivity index (χ3n) is 6.46. The fourth-order valence-electron chi connectivity index (χ4n) is 4.63. The van der Waals surface area contributed by atoms with Crippen molar-refractivity contribution >= 4 is 23.9 Å². The van der Waals surface area contributed by atoms with Crippen LogP contribution in [0.15, 0.2) is 48.5 Å². The number of carboxylic acids is 1. The molecule has 0 fully saturated rings. The van der Waals surface area contributed by atoms with Crippen LogP contribution in [0.25, 0.3) is 11.1 Å². The van der Waals surface area contributed by atoms with E-state index in [9.17, 15) is 24.3 Å². The van der Waals surface area contributed by atoms with Crippen LogP contribution in [0.2, 0.25) is 0 Å². The van der Waals surface area contributed by atoms with Crippen molar-refractivity contribution in [1.29, 1.82) is 0 Å². The van der Waals surface area contributed by atoms with E-state index in [1.165, 1.54) is 0 Å². The minimum atomic E-state index is -1.11. The number of nitrogens with two attached hydrogens (primary N) is 1. The number of carbonyl (C=O) groups is 4. The van der Waals surface area contributed by atoms with Gasteiger partial charge in [0.25, 0.3) is 0 Å². The zero-order chi connectivity index (χ0) is 26.2. The van der Waals surface area contributed by atoms with Gasteiger partial charge in [-0.1, -0.05) is 62.4 Å². The van der Waals surface area contributed by atoms with E-state index in [0.717, 1.165) is 22.3 Å². The molecular weight excluding hydrogens is 462 g/mol. The number of primary amides is 1. The zero-order valence-electron chi connectivity index (χ0n) is 20.5. The second-order valence-corrected chi connectivity index (χ2v) is 9.33. The molecular formula is C27H33N3O6. The quantitative estimate of drug-likeness (QED) is 0.330. The topological polar surface area (TPSA) is 148 Å².